The standard InChI is InChI=1S/C34H24Cl2N4O4/c35-21-11-15-23(16-12-21)37-31(41)25-27(19-7-3-1-4-8-19)39-30-26(32(42)38(34(30)44)24-17-13-22(36)14-18-24)28(20-9-5-2-6-10-20)40(39)29(25)33(37)43/h1-18,25-30H/t25-,26-,27+,28+,29+,30+/m1/s1. The molecular weight excluding hydrogens is 599 g/mol. The highest BCUT2D eigenvalue weighted by atomic mass is 35.5. The van der Waals surface area contributed by atoms with Gasteiger partial charge in [-0.15, -0.1) is 0 Å². The van der Waals surface area contributed by atoms with E-state index in [1.807, 2.05) is 70.7 Å². The van der Waals surface area contributed by atoms with Crippen molar-refractivity contribution in [3.05, 3.63) is 130 Å². The Kier molecular flexibility index (Phi) is 6.25. The maximum atomic E-state index is 14.4. The van der Waals surface area contributed by atoms with E-state index in [1.54, 1.807) is 48.5 Å². The van der Waals surface area contributed by atoms with Crippen molar-refractivity contribution in [1.29, 1.82) is 0 Å². The first-order valence-electron chi connectivity index (χ1n) is 14.3. The zero-order valence-corrected chi connectivity index (χ0v) is 24.5. The highest BCUT2D eigenvalue weighted by molar-refractivity contribution is 6.31. The molecule has 10 heteroatoms. The van der Waals surface area contributed by atoms with E-state index in [-0.39, 0.29) is 11.8 Å². The molecule has 4 aromatic carbocycles. The molecule has 0 aliphatic carbocycles. The van der Waals surface area contributed by atoms with Crippen LogP contribution >= 0.6 is 23.2 Å². The average Bonchev–Trinajstić information content (AvgIpc) is 3.71. The van der Waals surface area contributed by atoms with Crippen LogP contribution in [-0.4, -0.2) is 45.7 Å². The molecule has 0 aromatic heterocycles. The molecule has 4 aliphatic heterocycles. The fraction of sp³-hybridized carbons (Fsp3) is 0.176. The van der Waals surface area contributed by atoms with Crippen LogP contribution in [0.5, 0.6) is 0 Å². The normalized spacial score (nSPS) is 28.1. The number of halogens is 2. The van der Waals surface area contributed by atoms with Crippen molar-refractivity contribution in [2.24, 2.45) is 11.8 Å². The van der Waals surface area contributed by atoms with Crippen LogP contribution in [-0.2, 0) is 19.2 Å². The van der Waals surface area contributed by atoms with Gasteiger partial charge in [0.15, 0.2) is 0 Å². The number of carbonyl (C=O) groups is 4. The summed E-state index contributed by atoms with van der Waals surface area (Å²) in [6, 6.07) is 28.8. The third-order valence-electron chi connectivity index (χ3n) is 9.18. The number of fused-ring (bicyclic) bond motifs is 5. The minimum absolute atomic E-state index is 0.361. The van der Waals surface area contributed by atoms with Gasteiger partial charge in [-0.2, -0.15) is 0 Å². The summed E-state index contributed by atoms with van der Waals surface area (Å²) in [5.41, 5.74) is 2.41. The Balaban J connectivity index is 1.32. The van der Waals surface area contributed by atoms with Gasteiger partial charge in [-0.05, 0) is 59.7 Å². The van der Waals surface area contributed by atoms with Gasteiger partial charge in [-0.1, -0.05) is 83.9 Å². The Morgan fingerprint density at radius 3 is 1.09 bits per heavy atom. The van der Waals surface area contributed by atoms with Gasteiger partial charge < -0.3 is 0 Å². The minimum atomic E-state index is -0.927. The summed E-state index contributed by atoms with van der Waals surface area (Å²) in [7, 11) is 0. The molecule has 4 fully saturated rings. The van der Waals surface area contributed by atoms with Gasteiger partial charge in [0.2, 0.25) is 11.8 Å². The number of amides is 4. The lowest BCUT2D eigenvalue weighted by Crippen LogP contribution is -2.50. The quantitative estimate of drug-likeness (QED) is 0.282. The zero-order chi connectivity index (χ0) is 30.3. The summed E-state index contributed by atoms with van der Waals surface area (Å²) in [5, 5.41) is 4.69. The summed E-state index contributed by atoms with van der Waals surface area (Å²) in [6.07, 6.45) is 0. The van der Waals surface area contributed by atoms with Crippen LogP contribution in [0.25, 0.3) is 0 Å². The smallest absolute Gasteiger partial charge is 0.253 e. The van der Waals surface area contributed by atoms with E-state index in [4.69, 9.17) is 23.2 Å². The number of imide groups is 2. The lowest BCUT2D eigenvalue weighted by atomic mass is 9.84. The Bertz CT molecular complexity index is 1690. The summed E-state index contributed by atoms with van der Waals surface area (Å²) in [4.78, 5) is 59.9. The number of benzene rings is 4. The number of hydrazine groups is 1. The van der Waals surface area contributed by atoms with Crippen molar-refractivity contribution in [2.45, 2.75) is 24.2 Å². The third-order valence-corrected chi connectivity index (χ3v) is 9.68. The van der Waals surface area contributed by atoms with E-state index in [1.165, 1.54) is 9.80 Å². The van der Waals surface area contributed by atoms with E-state index < -0.39 is 47.8 Å². The van der Waals surface area contributed by atoms with E-state index in [9.17, 15) is 19.2 Å². The van der Waals surface area contributed by atoms with Crippen LogP contribution < -0.4 is 9.80 Å². The van der Waals surface area contributed by atoms with Crippen molar-refractivity contribution in [3.63, 3.8) is 0 Å². The molecule has 4 heterocycles. The van der Waals surface area contributed by atoms with Crippen LogP contribution in [0.15, 0.2) is 109 Å². The SMILES string of the molecule is O=C1[C@H]2[C@@H](C(=O)N1c1ccc(Cl)cc1)N1[C@@H](c3ccccc3)[C@H]3C(=O)N(c4ccc(Cl)cc4)C(=O)[C@H]3N1[C@H]2c1ccccc1. The molecule has 0 N–H and O–H groups in total. The maximum absolute atomic E-state index is 14.4. The molecule has 4 saturated heterocycles. The second-order valence-corrected chi connectivity index (χ2v) is 12.3. The molecule has 0 spiro atoms. The summed E-state index contributed by atoms with van der Waals surface area (Å²) in [6.45, 7) is 0. The lowest BCUT2D eigenvalue weighted by molar-refractivity contribution is -0.136. The van der Waals surface area contributed by atoms with Crippen LogP contribution in [0.3, 0.4) is 0 Å². The molecule has 0 saturated carbocycles. The summed E-state index contributed by atoms with van der Waals surface area (Å²) >= 11 is 12.2. The molecule has 4 aliphatic rings. The van der Waals surface area contributed by atoms with E-state index in [0.717, 1.165) is 11.1 Å². The first-order chi connectivity index (χ1) is 21.4. The highest BCUT2D eigenvalue weighted by Crippen LogP contribution is 2.59. The van der Waals surface area contributed by atoms with Gasteiger partial charge >= 0.3 is 0 Å². The largest absolute Gasteiger partial charge is 0.274 e. The molecule has 0 radical (unpaired) electrons. The van der Waals surface area contributed by atoms with Crippen molar-refractivity contribution in [2.75, 3.05) is 9.80 Å². The molecule has 6 atom stereocenters. The van der Waals surface area contributed by atoms with Gasteiger partial charge in [-0.25, -0.2) is 19.8 Å². The van der Waals surface area contributed by atoms with Crippen LogP contribution in [0.4, 0.5) is 11.4 Å². The molecule has 8 nitrogen and oxygen atoms in total. The molecule has 4 amide bonds. The first-order valence-corrected chi connectivity index (χ1v) is 15.1. The number of anilines is 2. The Morgan fingerprint density at radius 1 is 0.409 bits per heavy atom. The zero-order valence-electron chi connectivity index (χ0n) is 23.0. The topological polar surface area (TPSA) is 81.2 Å². The monoisotopic (exact) mass is 622 g/mol. The molecule has 4 aromatic rings. The van der Waals surface area contributed by atoms with Gasteiger partial charge in [0, 0.05) is 10.0 Å². The third kappa shape index (κ3) is 3.78. The number of hydrogen-bond acceptors (Lipinski definition) is 6. The summed E-state index contributed by atoms with van der Waals surface area (Å²) < 4.78 is 0. The van der Waals surface area contributed by atoms with E-state index >= 15 is 0 Å². The number of carbonyl (C=O) groups excluding carboxylic acids is 4. The van der Waals surface area contributed by atoms with Crippen LogP contribution in [0, 0.1) is 11.8 Å². The van der Waals surface area contributed by atoms with Crippen LogP contribution in [0.1, 0.15) is 23.2 Å². The van der Waals surface area contributed by atoms with Crippen molar-refractivity contribution in [1.82, 2.24) is 10.0 Å². The lowest BCUT2D eigenvalue weighted by Gasteiger charge is -2.35. The van der Waals surface area contributed by atoms with E-state index in [2.05, 4.69) is 0 Å². The van der Waals surface area contributed by atoms with Crippen LogP contribution in [0.2, 0.25) is 10.0 Å². The Labute approximate surface area is 262 Å². The molecule has 0 bridgehead atoms. The van der Waals surface area contributed by atoms with Gasteiger partial charge in [-0.3, -0.25) is 19.2 Å². The molecule has 44 heavy (non-hydrogen) atoms. The molecule has 8 rings (SSSR count). The Hall–Kier alpha value is -4.34. The van der Waals surface area contributed by atoms with Crippen molar-refractivity contribution >= 4 is 58.2 Å². The highest BCUT2D eigenvalue weighted by Gasteiger charge is 2.73. The van der Waals surface area contributed by atoms with Gasteiger partial charge in [0.25, 0.3) is 11.8 Å². The fourth-order valence-electron chi connectivity index (χ4n) is 7.49. The van der Waals surface area contributed by atoms with Gasteiger partial charge in [0.05, 0.1) is 35.3 Å². The number of hydrogen-bond donors (Lipinski definition) is 0. The van der Waals surface area contributed by atoms with Crippen molar-refractivity contribution < 1.29 is 19.2 Å². The second-order valence-electron chi connectivity index (χ2n) is 11.4. The second kappa shape index (κ2) is 10.1. The summed E-state index contributed by atoms with van der Waals surface area (Å²) in [5.74, 6) is -3.16. The predicted octanol–water partition coefficient (Wildman–Crippen LogP) is 5.44. The molecule has 218 valence electrons. The predicted molar refractivity (Wildman–Crippen MR) is 164 cm³/mol. The average molecular weight is 623 g/mol. The minimum Gasteiger partial charge on any atom is -0.274 e. The van der Waals surface area contributed by atoms with Crippen molar-refractivity contribution in [3.8, 4) is 0 Å². The van der Waals surface area contributed by atoms with E-state index in [0.29, 0.717) is 21.4 Å². The molecule has 0 unspecified atom stereocenters. The Morgan fingerprint density at radius 2 is 0.750 bits per heavy atom. The number of nitrogens with zero attached hydrogens (tertiary/aromatic N) is 4. The van der Waals surface area contributed by atoms with Gasteiger partial charge in [0.1, 0.15) is 12.1 Å². The maximum Gasteiger partial charge on any atom is 0.253 e. The first kappa shape index (κ1) is 27.2. The fourth-order valence-corrected chi connectivity index (χ4v) is 7.74. The molecular formula is C34H24Cl2N4O4. The number of rotatable bonds is 4.